The van der Waals surface area contributed by atoms with E-state index in [-0.39, 0.29) is 17.0 Å². The van der Waals surface area contributed by atoms with Crippen LogP contribution in [0.1, 0.15) is 13.3 Å². The fourth-order valence-corrected chi connectivity index (χ4v) is 2.01. The molecule has 0 aromatic carbocycles. The van der Waals surface area contributed by atoms with Gasteiger partial charge in [0.2, 0.25) is 0 Å². The first-order valence-corrected chi connectivity index (χ1v) is 6.18. The molecule has 0 aliphatic carbocycles. The molecule has 0 bridgehead atoms. The Bertz CT molecular complexity index is 47.0. The van der Waals surface area contributed by atoms with E-state index in [1.807, 2.05) is 0 Å². The van der Waals surface area contributed by atoms with Gasteiger partial charge in [-0.25, -0.2) is 0 Å². The highest BCUT2D eigenvalue weighted by molar-refractivity contribution is 7.73. The number of hydrogen-bond donors (Lipinski definition) is 0. The fraction of sp³-hybridized carbons (Fsp3) is 1.00. The summed E-state index contributed by atoms with van der Waals surface area (Å²) in [5.41, 5.74) is 0. The molecule has 0 nitrogen and oxygen atoms in total. The second kappa shape index (κ2) is 4.76. The second-order valence-corrected chi connectivity index (χ2v) is 8.04. The molecule has 0 N–H and O–H groups in total. The van der Waals surface area contributed by atoms with Crippen LogP contribution in [0.25, 0.3) is 0 Å². The predicted molar refractivity (Wildman–Crippen MR) is 39.9 cm³/mol. The Kier molecular flexibility index (Phi) is 6.94. The molecule has 0 aromatic rings. The molecule has 52 valence electrons. The summed E-state index contributed by atoms with van der Waals surface area (Å²) in [6.45, 7) is 9.41. The Morgan fingerprint density at radius 1 is 1.12 bits per heavy atom. The summed E-state index contributed by atoms with van der Waals surface area (Å²) in [5.74, 6) is 0. The highest BCUT2D eigenvalue weighted by Gasteiger charge is 2.13. The number of rotatable bonds is 2. The molecule has 0 aromatic heterocycles. The minimum Gasteiger partial charge on any atom is -1.00 e. The van der Waals surface area contributed by atoms with Crippen LogP contribution in [0.2, 0.25) is 0 Å². The average Bonchev–Trinajstić information content (AvgIpc) is 1.30. The second-order valence-electron chi connectivity index (χ2n) is 3.01. The van der Waals surface area contributed by atoms with Crippen molar-refractivity contribution in [2.45, 2.75) is 13.3 Å². The van der Waals surface area contributed by atoms with E-state index in [1.54, 1.807) is 0 Å². The van der Waals surface area contributed by atoms with E-state index in [1.165, 1.54) is 12.6 Å². The van der Waals surface area contributed by atoms with Gasteiger partial charge in [-0.15, -0.1) is 0 Å². The molecular formula is C6H16BrP. The zero-order valence-electron chi connectivity index (χ0n) is 6.24. The monoisotopic (exact) mass is 198 g/mol. The molecule has 0 atom stereocenters. The quantitative estimate of drug-likeness (QED) is 0.516. The highest BCUT2D eigenvalue weighted by atomic mass is 79.9. The molecule has 8 heavy (non-hydrogen) atoms. The lowest BCUT2D eigenvalue weighted by Crippen LogP contribution is -3.00. The summed E-state index contributed by atoms with van der Waals surface area (Å²) in [7, 11) is -0.416. The molecule has 0 unspecified atom stereocenters. The number of halogens is 1. The van der Waals surface area contributed by atoms with Crippen molar-refractivity contribution in [3.8, 4) is 0 Å². The first-order chi connectivity index (χ1) is 3.06. The summed E-state index contributed by atoms with van der Waals surface area (Å²) in [6, 6.07) is 0. The minimum atomic E-state index is -0.416. The minimum absolute atomic E-state index is 0. The zero-order chi connectivity index (χ0) is 5.91. The van der Waals surface area contributed by atoms with Crippen LogP contribution in [0.5, 0.6) is 0 Å². The molecule has 0 heterocycles. The van der Waals surface area contributed by atoms with Crippen molar-refractivity contribution in [3.05, 3.63) is 0 Å². The van der Waals surface area contributed by atoms with E-state index in [4.69, 9.17) is 0 Å². The van der Waals surface area contributed by atoms with E-state index in [0.717, 1.165) is 0 Å². The molecule has 0 aliphatic heterocycles. The molecule has 0 rings (SSSR count). The maximum absolute atomic E-state index is 2.39. The molecule has 0 saturated heterocycles. The van der Waals surface area contributed by atoms with Crippen LogP contribution in [0.4, 0.5) is 0 Å². The van der Waals surface area contributed by atoms with E-state index in [2.05, 4.69) is 26.9 Å². The zero-order valence-corrected chi connectivity index (χ0v) is 8.72. The van der Waals surface area contributed by atoms with Gasteiger partial charge in [0.1, 0.15) is 0 Å². The van der Waals surface area contributed by atoms with Crippen LogP contribution >= 0.6 is 7.26 Å². The van der Waals surface area contributed by atoms with E-state index in [0.29, 0.717) is 0 Å². The fourth-order valence-electron chi connectivity index (χ4n) is 0.671. The Morgan fingerprint density at radius 3 is 1.50 bits per heavy atom. The van der Waals surface area contributed by atoms with Crippen LogP contribution < -0.4 is 17.0 Å². The summed E-state index contributed by atoms with van der Waals surface area (Å²) in [5, 5.41) is 0. The van der Waals surface area contributed by atoms with Gasteiger partial charge in [0.05, 0.1) is 6.16 Å². The van der Waals surface area contributed by atoms with Crippen molar-refractivity contribution in [2.75, 3.05) is 26.2 Å². The van der Waals surface area contributed by atoms with Gasteiger partial charge in [0.25, 0.3) is 0 Å². The number of hydrogen-bond acceptors (Lipinski definition) is 0. The molecule has 0 aliphatic rings. The van der Waals surface area contributed by atoms with Crippen LogP contribution in [0.3, 0.4) is 0 Å². The maximum Gasteiger partial charge on any atom is 0.0583 e. The largest absolute Gasteiger partial charge is 1.00 e. The Hall–Kier alpha value is 0.910. The SMILES string of the molecule is CCC[P+](C)(C)C.[Br-]. The molecule has 0 spiro atoms. The summed E-state index contributed by atoms with van der Waals surface area (Å²) in [6.07, 6.45) is 2.81. The molecule has 0 fully saturated rings. The molecule has 0 saturated carbocycles. The summed E-state index contributed by atoms with van der Waals surface area (Å²) >= 11 is 0. The Morgan fingerprint density at radius 2 is 1.50 bits per heavy atom. The molecular weight excluding hydrogens is 183 g/mol. The Labute approximate surface area is 64.2 Å². The van der Waals surface area contributed by atoms with Gasteiger partial charge in [-0.3, -0.25) is 0 Å². The third-order valence-corrected chi connectivity index (χ3v) is 2.68. The summed E-state index contributed by atoms with van der Waals surface area (Å²) in [4.78, 5) is 0. The lowest BCUT2D eigenvalue weighted by Gasteiger charge is -2.08. The van der Waals surface area contributed by atoms with Gasteiger partial charge >= 0.3 is 0 Å². The van der Waals surface area contributed by atoms with Gasteiger partial charge in [-0.1, -0.05) is 6.92 Å². The molecule has 0 radical (unpaired) electrons. The first kappa shape index (κ1) is 11.7. The van der Waals surface area contributed by atoms with Gasteiger partial charge in [0.15, 0.2) is 0 Å². The maximum atomic E-state index is 2.39. The van der Waals surface area contributed by atoms with Crippen molar-refractivity contribution in [2.24, 2.45) is 0 Å². The van der Waals surface area contributed by atoms with E-state index >= 15 is 0 Å². The van der Waals surface area contributed by atoms with Crippen LogP contribution in [0, 0.1) is 0 Å². The van der Waals surface area contributed by atoms with Crippen LogP contribution in [-0.4, -0.2) is 26.2 Å². The van der Waals surface area contributed by atoms with Gasteiger partial charge in [-0.2, -0.15) is 0 Å². The van der Waals surface area contributed by atoms with Crippen LogP contribution in [-0.2, 0) is 0 Å². The highest BCUT2D eigenvalue weighted by Crippen LogP contribution is 2.46. The third-order valence-electron chi connectivity index (χ3n) is 0.894. The van der Waals surface area contributed by atoms with Crippen molar-refractivity contribution in [1.29, 1.82) is 0 Å². The predicted octanol–water partition coefficient (Wildman–Crippen LogP) is -0.693. The van der Waals surface area contributed by atoms with Crippen LogP contribution in [0.15, 0.2) is 0 Å². The Balaban J connectivity index is 0. The topological polar surface area (TPSA) is 0 Å². The van der Waals surface area contributed by atoms with Crippen molar-refractivity contribution in [1.82, 2.24) is 0 Å². The lowest BCUT2D eigenvalue weighted by atomic mass is 10.6. The molecule has 0 amide bonds. The summed E-state index contributed by atoms with van der Waals surface area (Å²) < 4.78 is 0. The van der Waals surface area contributed by atoms with Gasteiger partial charge < -0.3 is 17.0 Å². The van der Waals surface area contributed by atoms with E-state index < -0.39 is 7.26 Å². The van der Waals surface area contributed by atoms with E-state index in [9.17, 15) is 0 Å². The average molecular weight is 199 g/mol. The van der Waals surface area contributed by atoms with Crippen molar-refractivity contribution in [3.63, 3.8) is 0 Å². The third kappa shape index (κ3) is 10.0. The van der Waals surface area contributed by atoms with Crippen molar-refractivity contribution < 1.29 is 17.0 Å². The van der Waals surface area contributed by atoms with Gasteiger partial charge in [0, 0.05) is 27.3 Å². The first-order valence-electron chi connectivity index (χ1n) is 2.86. The molecule has 2 heteroatoms. The van der Waals surface area contributed by atoms with Gasteiger partial charge in [-0.05, 0) is 6.42 Å². The van der Waals surface area contributed by atoms with Crippen molar-refractivity contribution >= 4 is 7.26 Å². The standard InChI is InChI=1S/C6H16P.BrH/c1-5-6-7(2,3)4;/h5-6H2,1-4H3;1H/q+1;/p-1. The normalized spacial score (nSPS) is 10.5. The smallest absolute Gasteiger partial charge is 0.0583 e. The lowest BCUT2D eigenvalue weighted by molar-refractivity contribution is -0.00000191.